The molecule has 1 aliphatic heterocycles. The lowest BCUT2D eigenvalue weighted by molar-refractivity contribution is -0.143. The highest BCUT2D eigenvalue weighted by atomic mass is 16.5. The molecule has 1 heterocycles. The van der Waals surface area contributed by atoms with Crippen LogP contribution in [0.5, 0.6) is 0 Å². The van der Waals surface area contributed by atoms with Crippen LogP contribution in [0.15, 0.2) is 30.3 Å². The van der Waals surface area contributed by atoms with Crippen LogP contribution in [0, 0.1) is 5.41 Å². The van der Waals surface area contributed by atoms with Crippen molar-refractivity contribution in [1.29, 1.82) is 0 Å². The molecule has 0 bridgehead atoms. The van der Waals surface area contributed by atoms with E-state index in [0.717, 1.165) is 37.7 Å². The number of ether oxygens (including phenoxy) is 1. The van der Waals surface area contributed by atoms with Crippen LogP contribution in [-0.2, 0) is 20.7 Å². The molecule has 32 heavy (non-hydrogen) atoms. The zero-order chi connectivity index (χ0) is 23.6. The summed E-state index contributed by atoms with van der Waals surface area (Å²) in [5, 5.41) is 16.1. The second-order valence-electron chi connectivity index (χ2n) is 9.42. The standard InChI is InChI=1S/C25H38N2O5/c1-4-32-21(29)14-10-5-6-11-16-25(22(30)26-23(31)27-25)17-15-20(28)24(2,3)18-19-12-8-7-9-13-19/h7-9,12-13,20,28H,4-6,10-11,14-18H2,1-3H3,(H2,26,27,30,31). The number of hydrogen-bond donors (Lipinski definition) is 3. The van der Waals surface area contributed by atoms with E-state index in [1.54, 1.807) is 6.92 Å². The molecule has 2 unspecified atom stereocenters. The number of esters is 1. The molecule has 1 aliphatic rings. The first-order chi connectivity index (χ1) is 15.2. The minimum atomic E-state index is -0.984. The molecule has 2 rings (SSSR count). The molecule has 7 nitrogen and oxygen atoms in total. The molecule has 0 aromatic heterocycles. The number of unbranched alkanes of at least 4 members (excludes halogenated alkanes) is 3. The van der Waals surface area contributed by atoms with Crippen molar-refractivity contribution in [3.8, 4) is 0 Å². The van der Waals surface area contributed by atoms with Gasteiger partial charge in [-0.2, -0.15) is 0 Å². The third-order valence-corrected chi connectivity index (χ3v) is 6.30. The lowest BCUT2D eigenvalue weighted by atomic mass is 9.76. The molecular formula is C25H38N2O5. The Bertz CT molecular complexity index is 765. The monoisotopic (exact) mass is 446 g/mol. The fraction of sp³-hybridized carbons (Fsp3) is 0.640. The predicted molar refractivity (Wildman–Crippen MR) is 123 cm³/mol. The Labute approximate surface area is 191 Å². The Balaban J connectivity index is 1.87. The van der Waals surface area contributed by atoms with Gasteiger partial charge in [0.25, 0.3) is 5.91 Å². The van der Waals surface area contributed by atoms with Gasteiger partial charge in [0.15, 0.2) is 0 Å². The van der Waals surface area contributed by atoms with E-state index in [4.69, 9.17) is 4.74 Å². The van der Waals surface area contributed by atoms with E-state index < -0.39 is 17.7 Å². The van der Waals surface area contributed by atoms with E-state index in [0.29, 0.717) is 32.3 Å². The number of rotatable bonds is 14. The molecule has 0 aliphatic carbocycles. The Kier molecular flexibility index (Phi) is 9.69. The van der Waals surface area contributed by atoms with Crippen LogP contribution in [0.4, 0.5) is 4.79 Å². The van der Waals surface area contributed by atoms with Gasteiger partial charge in [-0.3, -0.25) is 14.9 Å². The van der Waals surface area contributed by atoms with Crippen LogP contribution in [-0.4, -0.2) is 41.3 Å². The number of carbonyl (C=O) groups excluding carboxylic acids is 3. The van der Waals surface area contributed by atoms with Crippen molar-refractivity contribution < 1.29 is 24.2 Å². The van der Waals surface area contributed by atoms with Crippen LogP contribution >= 0.6 is 0 Å². The number of hydrogen-bond acceptors (Lipinski definition) is 5. The van der Waals surface area contributed by atoms with Gasteiger partial charge in [-0.25, -0.2) is 4.79 Å². The average Bonchev–Trinajstić information content (AvgIpc) is 3.02. The topological polar surface area (TPSA) is 105 Å². The quantitative estimate of drug-likeness (QED) is 0.229. The zero-order valence-electron chi connectivity index (χ0n) is 19.6. The van der Waals surface area contributed by atoms with Gasteiger partial charge in [0.1, 0.15) is 5.54 Å². The summed E-state index contributed by atoms with van der Waals surface area (Å²) in [4.78, 5) is 35.9. The number of amides is 3. The first-order valence-corrected chi connectivity index (χ1v) is 11.7. The third kappa shape index (κ3) is 7.62. The molecule has 1 saturated heterocycles. The fourth-order valence-corrected chi connectivity index (χ4v) is 4.30. The summed E-state index contributed by atoms with van der Waals surface area (Å²) in [6.07, 6.45) is 5.02. The van der Waals surface area contributed by atoms with Gasteiger partial charge in [0.05, 0.1) is 12.7 Å². The number of aliphatic hydroxyl groups is 1. The summed E-state index contributed by atoms with van der Waals surface area (Å²) in [7, 11) is 0. The second-order valence-corrected chi connectivity index (χ2v) is 9.42. The molecule has 0 radical (unpaired) electrons. The second kappa shape index (κ2) is 12.0. The summed E-state index contributed by atoms with van der Waals surface area (Å²) in [6.45, 7) is 6.23. The molecule has 3 N–H and O–H groups in total. The minimum Gasteiger partial charge on any atom is -0.466 e. The number of nitrogens with one attached hydrogen (secondary N) is 2. The molecule has 1 aromatic carbocycles. The van der Waals surface area contributed by atoms with E-state index in [1.807, 2.05) is 44.2 Å². The lowest BCUT2D eigenvalue weighted by Crippen LogP contribution is -2.48. The summed E-state index contributed by atoms with van der Waals surface area (Å²) in [5.41, 5.74) is -0.197. The number of aliphatic hydroxyl groups excluding tert-OH is 1. The van der Waals surface area contributed by atoms with Crippen LogP contribution in [0.3, 0.4) is 0 Å². The van der Waals surface area contributed by atoms with Gasteiger partial charge < -0.3 is 15.2 Å². The molecule has 178 valence electrons. The highest BCUT2D eigenvalue weighted by molar-refractivity contribution is 6.06. The van der Waals surface area contributed by atoms with Crippen molar-refractivity contribution in [2.45, 2.75) is 90.2 Å². The number of imide groups is 1. The normalized spacial score (nSPS) is 19.4. The maximum Gasteiger partial charge on any atom is 0.322 e. The van der Waals surface area contributed by atoms with Gasteiger partial charge in [-0.15, -0.1) is 0 Å². The number of benzene rings is 1. The van der Waals surface area contributed by atoms with Gasteiger partial charge in [0, 0.05) is 6.42 Å². The lowest BCUT2D eigenvalue weighted by Gasteiger charge is -2.34. The maximum absolute atomic E-state index is 12.6. The third-order valence-electron chi connectivity index (χ3n) is 6.30. The largest absolute Gasteiger partial charge is 0.466 e. The highest BCUT2D eigenvalue weighted by Crippen LogP contribution is 2.32. The molecule has 0 spiro atoms. The van der Waals surface area contributed by atoms with Crippen molar-refractivity contribution in [2.24, 2.45) is 5.41 Å². The Hall–Kier alpha value is -2.41. The molecule has 1 aromatic rings. The number of carbonyl (C=O) groups is 3. The van der Waals surface area contributed by atoms with E-state index in [9.17, 15) is 19.5 Å². The SMILES string of the molecule is CCOC(=O)CCCCCCC1(CCC(O)C(C)(C)Cc2ccccc2)NC(=O)NC1=O. The van der Waals surface area contributed by atoms with Crippen LogP contribution < -0.4 is 10.6 Å². The minimum absolute atomic E-state index is 0.182. The average molecular weight is 447 g/mol. The molecule has 7 heteroatoms. The smallest absolute Gasteiger partial charge is 0.322 e. The Morgan fingerprint density at radius 3 is 2.41 bits per heavy atom. The van der Waals surface area contributed by atoms with Crippen LogP contribution in [0.1, 0.15) is 77.7 Å². The van der Waals surface area contributed by atoms with Gasteiger partial charge >= 0.3 is 12.0 Å². The van der Waals surface area contributed by atoms with E-state index in [1.165, 1.54) is 0 Å². The summed E-state index contributed by atoms with van der Waals surface area (Å²) < 4.78 is 4.93. The summed E-state index contributed by atoms with van der Waals surface area (Å²) in [6, 6.07) is 9.55. The predicted octanol–water partition coefficient (Wildman–Crippen LogP) is 3.88. The van der Waals surface area contributed by atoms with Gasteiger partial charge in [-0.05, 0) is 50.0 Å². The summed E-state index contributed by atoms with van der Waals surface area (Å²) in [5.74, 6) is -0.499. The fourth-order valence-electron chi connectivity index (χ4n) is 4.30. The van der Waals surface area contributed by atoms with Crippen molar-refractivity contribution in [3.63, 3.8) is 0 Å². The van der Waals surface area contributed by atoms with Crippen LogP contribution in [0.25, 0.3) is 0 Å². The van der Waals surface area contributed by atoms with Crippen molar-refractivity contribution in [2.75, 3.05) is 6.61 Å². The molecule has 0 saturated carbocycles. The van der Waals surface area contributed by atoms with Gasteiger partial charge in [-0.1, -0.05) is 63.4 Å². The van der Waals surface area contributed by atoms with Crippen molar-refractivity contribution in [1.82, 2.24) is 10.6 Å². The number of urea groups is 1. The van der Waals surface area contributed by atoms with Gasteiger partial charge in [0.2, 0.25) is 0 Å². The van der Waals surface area contributed by atoms with Crippen molar-refractivity contribution in [3.05, 3.63) is 35.9 Å². The molecule has 3 amide bonds. The van der Waals surface area contributed by atoms with E-state index in [2.05, 4.69) is 10.6 Å². The molecular weight excluding hydrogens is 408 g/mol. The molecule has 2 atom stereocenters. The Morgan fingerprint density at radius 1 is 1.09 bits per heavy atom. The van der Waals surface area contributed by atoms with E-state index in [-0.39, 0.29) is 17.3 Å². The first kappa shape index (κ1) is 25.8. The molecule has 1 fully saturated rings. The van der Waals surface area contributed by atoms with Crippen molar-refractivity contribution >= 4 is 17.9 Å². The van der Waals surface area contributed by atoms with Crippen LogP contribution in [0.2, 0.25) is 0 Å². The Morgan fingerprint density at radius 2 is 1.78 bits per heavy atom. The first-order valence-electron chi connectivity index (χ1n) is 11.7. The summed E-state index contributed by atoms with van der Waals surface area (Å²) >= 11 is 0. The zero-order valence-corrected chi connectivity index (χ0v) is 19.6. The maximum atomic E-state index is 12.6. The van der Waals surface area contributed by atoms with E-state index >= 15 is 0 Å². The highest BCUT2D eigenvalue weighted by Gasteiger charge is 2.46.